The molecular weight excluding hydrogens is 450 g/mol. The molecule has 1 atom stereocenters. The van der Waals surface area contributed by atoms with E-state index < -0.39 is 29.8 Å². The zero-order valence-corrected chi connectivity index (χ0v) is 17.3. The molecular formula is C23H18F6N2O2. The summed E-state index contributed by atoms with van der Waals surface area (Å²) < 4.78 is 88.5. The third-order valence-corrected chi connectivity index (χ3v) is 5.24. The van der Waals surface area contributed by atoms with Gasteiger partial charge in [-0.25, -0.2) is 0 Å². The highest BCUT2D eigenvalue weighted by Gasteiger charge is 2.41. The minimum Gasteiger partial charge on any atom is -0.481 e. The monoisotopic (exact) mass is 468 g/mol. The lowest BCUT2D eigenvalue weighted by Crippen LogP contribution is -2.31. The van der Waals surface area contributed by atoms with Crippen molar-refractivity contribution in [1.29, 1.82) is 0 Å². The van der Waals surface area contributed by atoms with Crippen LogP contribution in [0.4, 0.5) is 26.3 Å². The molecule has 0 spiro atoms. The lowest BCUT2D eigenvalue weighted by atomic mass is 10.0. The summed E-state index contributed by atoms with van der Waals surface area (Å²) in [6, 6.07) is 8.23. The Kier molecular flexibility index (Phi) is 5.94. The van der Waals surface area contributed by atoms with E-state index in [1.165, 1.54) is 5.56 Å². The van der Waals surface area contributed by atoms with Crippen LogP contribution in [0.25, 0.3) is 28.9 Å². The van der Waals surface area contributed by atoms with Crippen molar-refractivity contribution in [1.82, 2.24) is 10.1 Å². The lowest BCUT2D eigenvalue weighted by molar-refractivity contribution is -0.191. The van der Waals surface area contributed by atoms with E-state index >= 15 is 0 Å². The van der Waals surface area contributed by atoms with Crippen molar-refractivity contribution in [2.24, 2.45) is 0 Å². The van der Waals surface area contributed by atoms with Crippen LogP contribution in [0.2, 0.25) is 0 Å². The highest BCUT2D eigenvalue weighted by molar-refractivity contribution is 5.67. The second-order valence-corrected chi connectivity index (χ2v) is 7.64. The number of hydrogen-bond donors (Lipinski definition) is 0. The van der Waals surface area contributed by atoms with Crippen molar-refractivity contribution in [2.45, 2.75) is 44.6 Å². The van der Waals surface area contributed by atoms with E-state index in [1.807, 2.05) is 24.3 Å². The predicted molar refractivity (Wildman–Crippen MR) is 108 cm³/mol. The number of aryl methyl sites for hydroxylation is 1. The van der Waals surface area contributed by atoms with E-state index in [2.05, 4.69) is 21.0 Å². The van der Waals surface area contributed by atoms with Gasteiger partial charge in [-0.2, -0.15) is 31.3 Å². The number of allylic oxidation sites excluding steroid dienone is 1. The van der Waals surface area contributed by atoms with Crippen LogP contribution in [0, 0.1) is 0 Å². The van der Waals surface area contributed by atoms with Crippen molar-refractivity contribution in [3.05, 3.63) is 59.2 Å². The minimum absolute atomic E-state index is 0.0947. The van der Waals surface area contributed by atoms with Gasteiger partial charge in [0.25, 0.3) is 5.89 Å². The summed E-state index contributed by atoms with van der Waals surface area (Å²) in [5.41, 5.74) is 1.35. The highest BCUT2D eigenvalue weighted by Crippen LogP contribution is 2.40. The number of halogens is 6. The van der Waals surface area contributed by atoms with Crippen molar-refractivity contribution >= 4 is 6.08 Å². The molecule has 0 saturated carbocycles. The molecule has 0 saturated heterocycles. The number of ether oxygens (including phenoxy) is 1. The zero-order valence-electron chi connectivity index (χ0n) is 17.3. The van der Waals surface area contributed by atoms with Gasteiger partial charge in [0.1, 0.15) is 5.75 Å². The largest absolute Gasteiger partial charge is 0.481 e. The first-order valence-corrected chi connectivity index (χ1v) is 10.1. The van der Waals surface area contributed by atoms with Crippen LogP contribution < -0.4 is 4.74 Å². The van der Waals surface area contributed by atoms with Crippen molar-refractivity contribution in [3.63, 3.8) is 0 Å². The van der Waals surface area contributed by atoms with Crippen LogP contribution in [0.1, 0.15) is 36.5 Å². The highest BCUT2D eigenvalue weighted by atomic mass is 19.4. The van der Waals surface area contributed by atoms with Gasteiger partial charge in [-0.05, 0) is 61.6 Å². The van der Waals surface area contributed by atoms with E-state index in [-0.39, 0.29) is 17.3 Å². The minimum atomic E-state index is -4.96. The molecule has 10 heteroatoms. The Morgan fingerprint density at radius 1 is 1.00 bits per heavy atom. The van der Waals surface area contributed by atoms with Crippen molar-refractivity contribution in [3.8, 4) is 28.6 Å². The first-order valence-electron chi connectivity index (χ1n) is 10.1. The van der Waals surface area contributed by atoms with E-state index in [9.17, 15) is 26.3 Å². The Labute approximate surface area is 184 Å². The van der Waals surface area contributed by atoms with Crippen LogP contribution in [0.15, 0.2) is 47.0 Å². The maximum Gasteiger partial charge on any atom is 0.425 e. The number of alkyl halides is 6. The molecule has 3 aromatic rings. The summed E-state index contributed by atoms with van der Waals surface area (Å²) in [5, 5.41) is 3.86. The molecule has 0 fully saturated rings. The van der Waals surface area contributed by atoms with E-state index in [0.717, 1.165) is 37.0 Å². The van der Waals surface area contributed by atoms with Gasteiger partial charge < -0.3 is 9.26 Å². The normalized spacial score (nSPS) is 15.1. The zero-order chi connectivity index (χ0) is 23.8. The van der Waals surface area contributed by atoms with Crippen molar-refractivity contribution < 1.29 is 35.6 Å². The van der Waals surface area contributed by atoms with Gasteiger partial charge in [-0.15, -0.1) is 0 Å². The number of benzene rings is 2. The van der Waals surface area contributed by atoms with Gasteiger partial charge >= 0.3 is 12.4 Å². The number of nitrogens with zero attached hydrogens (tertiary/aromatic N) is 2. The summed E-state index contributed by atoms with van der Waals surface area (Å²) >= 11 is 0. The molecule has 0 radical (unpaired) electrons. The molecule has 0 aliphatic heterocycles. The van der Waals surface area contributed by atoms with Gasteiger partial charge in [0.05, 0.1) is 5.56 Å². The van der Waals surface area contributed by atoms with Gasteiger partial charge in [0, 0.05) is 11.1 Å². The Morgan fingerprint density at radius 2 is 1.76 bits per heavy atom. The van der Waals surface area contributed by atoms with E-state index in [0.29, 0.717) is 18.6 Å². The molecule has 1 aliphatic rings. The van der Waals surface area contributed by atoms with Gasteiger partial charge in [-0.1, -0.05) is 29.4 Å². The van der Waals surface area contributed by atoms with E-state index in [1.54, 1.807) is 0 Å². The fraction of sp³-hybridized carbons (Fsp3) is 0.304. The Morgan fingerprint density at radius 3 is 2.48 bits per heavy atom. The second kappa shape index (κ2) is 8.57. The number of aromatic nitrogens is 2. The molecule has 0 N–H and O–H groups in total. The Bertz CT molecular complexity index is 1180. The number of rotatable bonds is 4. The first kappa shape index (κ1) is 22.9. The molecule has 1 aromatic heterocycles. The van der Waals surface area contributed by atoms with Crippen LogP contribution in [0.5, 0.6) is 5.75 Å². The smallest absolute Gasteiger partial charge is 0.425 e. The molecule has 4 nitrogen and oxygen atoms in total. The third kappa shape index (κ3) is 5.04. The topological polar surface area (TPSA) is 48.2 Å². The standard InChI is InChI=1S/C23H18F6N2O2/c1-13(22(24,25)26)32-19-10-9-17(12-18(19)23(27,28)29)21-30-20(31-33-21)16-8-7-14-5-3-2-4-6-15(14)11-16/h4,6-13H,2-3,5H2,1H3. The average molecular weight is 468 g/mol. The molecule has 1 unspecified atom stereocenters. The SMILES string of the molecule is CC(Oc1ccc(-c2nc(-c3ccc4c(c3)C=CCCC4)no2)cc1C(F)(F)F)C(F)(F)F. The van der Waals surface area contributed by atoms with Gasteiger partial charge in [0.2, 0.25) is 5.82 Å². The predicted octanol–water partition coefficient (Wildman–Crippen LogP) is 7.10. The fourth-order valence-electron chi connectivity index (χ4n) is 3.44. The quantitative estimate of drug-likeness (QED) is 0.383. The summed E-state index contributed by atoms with van der Waals surface area (Å²) in [6.45, 7) is 0.633. The van der Waals surface area contributed by atoms with Crippen LogP contribution in [0.3, 0.4) is 0 Å². The number of fused-ring (bicyclic) bond motifs is 1. The Balaban J connectivity index is 1.66. The lowest BCUT2D eigenvalue weighted by Gasteiger charge is -2.20. The van der Waals surface area contributed by atoms with Gasteiger partial charge in [0.15, 0.2) is 6.10 Å². The Hall–Kier alpha value is -3.30. The first-order chi connectivity index (χ1) is 15.5. The molecule has 174 valence electrons. The fourth-order valence-corrected chi connectivity index (χ4v) is 3.44. The summed E-state index contributed by atoms with van der Waals surface area (Å²) in [6.07, 6.45) is -5.17. The summed E-state index contributed by atoms with van der Waals surface area (Å²) in [4.78, 5) is 4.19. The van der Waals surface area contributed by atoms with Crippen molar-refractivity contribution in [2.75, 3.05) is 0 Å². The summed E-state index contributed by atoms with van der Waals surface area (Å²) in [7, 11) is 0. The van der Waals surface area contributed by atoms with E-state index in [4.69, 9.17) is 4.52 Å². The molecule has 2 aromatic carbocycles. The molecule has 0 amide bonds. The molecule has 1 heterocycles. The van der Waals surface area contributed by atoms with Crippen LogP contribution in [-0.2, 0) is 12.6 Å². The molecule has 0 bridgehead atoms. The molecule has 33 heavy (non-hydrogen) atoms. The second-order valence-electron chi connectivity index (χ2n) is 7.64. The van der Waals surface area contributed by atoms with Crippen LogP contribution in [-0.4, -0.2) is 22.4 Å². The third-order valence-electron chi connectivity index (χ3n) is 5.24. The summed E-state index contributed by atoms with van der Waals surface area (Å²) in [5.74, 6) is -0.949. The number of hydrogen-bond acceptors (Lipinski definition) is 4. The average Bonchev–Trinajstić information content (AvgIpc) is 3.11. The molecule has 4 rings (SSSR count). The van der Waals surface area contributed by atoms with Gasteiger partial charge in [-0.3, -0.25) is 0 Å². The van der Waals surface area contributed by atoms with Crippen LogP contribution >= 0.6 is 0 Å². The maximum atomic E-state index is 13.5. The maximum absolute atomic E-state index is 13.5. The molecule has 1 aliphatic carbocycles.